The third-order valence-corrected chi connectivity index (χ3v) is 3.10. The van der Waals surface area contributed by atoms with Gasteiger partial charge in [0.25, 0.3) is 0 Å². The molecule has 0 fully saturated rings. The van der Waals surface area contributed by atoms with Crippen LogP contribution in [0.4, 0.5) is 10.1 Å². The summed E-state index contributed by atoms with van der Waals surface area (Å²) < 4.78 is 18.8. The van der Waals surface area contributed by atoms with Crippen LogP contribution >= 0.6 is 0 Å². The van der Waals surface area contributed by atoms with Gasteiger partial charge in [-0.1, -0.05) is 24.3 Å². The van der Waals surface area contributed by atoms with Gasteiger partial charge in [0, 0.05) is 13.7 Å². The Balaban J connectivity index is 2.16. The Morgan fingerprint density at radius 2 is 1.95 bits per heavy atom. The predicted molar refractivity (Wildman–Crippen MR) is 77.8 cm³/mol. The van der Waals surface area contributed by atoms with Gasteiger partial charge in [0.1, 0.15) is 5.82 Å². The minimum absolute atomic E-state index is 0.0454. The van der Waals surface area contributed by atoms with E-state index in [1.165, 1.54) is 12.1 Å². The number of nitrogens with one attached hydrogen (secondary N) is 1. The van der Waals surface area contributed by atoms with E-state index >= 15 is 0 Å². The molecule has 5 heteroatoms. The Kier molecular flexibility index (Phi) is 4.90. The van der Waals surface area contributed by atoms with Gasteiger partial charge in [-0.05, 0) is 29.3 Å². The van der Waals surface area contributed by atoms with Gasteiger partial charge in [-0.2, -0.15) is 0 Å². The highest BCUT2D eigenvalue weighted by molar-refractivity contribution is 5.88. The molecule has 21 heavy (non-hydrogen) atoms. The monoisotopic (exact) mass is 289 g/mol. The van der Waals surface area contributed by atoms with E-state index in [0.717, 1.165) is 17.2 Å². The first kappa shape index (κ1) is 15.0. The van der Waals surface area contributed by atoms with Crippen molar-refractivity contribution in [3.63, 3.8) is 0 Å². The van der Waals surface area contributed by atoms with Crippen LogP contribution in [-0.4, -0.2) is 18.2 Å². The van der Waals surface area contributed by atoms with E-state index in [4.69, 9.17) is 9.84 Å². The fourth-order valence-electron chi connectivity index (χ4n) is 2.01. The number of ether oxygens (including phenoxy) is 1. The van der Waals surface area contributed by atoms with Crippen LogP contribution in [0.1, 0.15) is 21.5 Å². The molecule has 0 heterocycles. The Morgan fingerprint density at radius 3 is 2.62 bits per heavy atom. The van der Waals surface area contributed by atoms with Crippen LogP contribution in [0.3, 0.4) is 0 Å². The number of carbonyl (C=O) groups is 1. The molecule has 0 atom stereocenters. The van der Waals surface area contributed by atoms with E-state index in [-0.39, 0.29) is 11.3 Å². The van der Waals surface area contributed by atoms with Crippen molar-refractivity contribution in [2.24, 2.45) is 0 Å². The van der Waals surface area contributed by atoms with Crippen LogP contribution in [0.25, 0.3) is 0 Å². The molecule has 0 bridgehead atoms. The summed E-state index contributed by atoms with van der Waals surface area (Å²) in [4.78, 5) is 10.9. The topological polar surface area (TPSA) is 58.6 Å². The first-order chi connectivity index (χ1) is 10.1. The number of hydrogen-bond acceptors (Lipinski definition) is 3. The Morgan fingerprint density at radius 1 is 1.24 bits per heavy atom. The highest BCUT2D eigenvalue weighted by Crippen LogP contribution is 2.18. The molecule has 0 unspecified atom stereocenters. The number of halogens is 1. The van der Waals surface area contributed by atoms with Crippen LogP contribution in [0.15, 0.2) is 42.5 Å². The maximum Gasteiger partial charge on any atom is 0.335 e. The molecular weight excluding hydrogens is 273 g/mol. The summed E-state index contributed by atoms with van der Waals surface area (Å²) in [7, 11) is 1.61. The SMILES string of the molecule is COCc1ccccc1CNc1cc(C(=O)O)ccc1F. The summed E-state index contributed by atoms with van der Waals surface area (Å²) >= 11 is 0. The molecule has 2 rings (SSSR count). The zero-order valence-corrected chi connectivity index (χ0v) is 11.6. The van der Waals surface area contributed by atoms with Crippen molar-refractivity contribution in [1.29, 1.82) is 0 Å². The van der Waals surface area contributed by atoms with Crippen LogP contribution in [-0.2, 0) is 17.9 Å². The van der Waals surface area contributed by atoms with Gasteiger partial charge in [0.2, 0.25) is 0 Å². The number of methoxy groups -OCH3 is 1. The Hall–Kier alpha value is -2.40. The first-order valence-electron chi connectivity index (χ1n) is 6.44. The fraction of sp³-hybridized carbons (Fsp3) is 0.188. The zero-order chi connectivity index (χ0) is 15.2. The maximum atomic E-state index is 13.7. The number of hydrogen-bond donors (Lipinski definition) is 2. The summed E-state index contributed by atoms with van der Waals surface area (Å²) in [5, 5.41) is 11.9. The summed E-state index contributed by atoms with van der Waals surface area (Å²) in [5.41, 5.74) is 2.19. The van der Waals surface area contributed by atoms with Crippen molar-refractivity contribution in [3.05, 3.63) is 65.0 Å². The maximum absolute atomic E-state index is 13.7. The summed E-state index contributed by atoms with van der Waals surface area (Å²) in [5.74, 6) is -1.57. The molecule has 0 amide bonds. The fourth-order valence-corrected chi connectivity index (χ4v) is 2.01. The van der Waals surface area contributed by atoms with E-state index in [1.54, 1.807) is 7.11 Å². The third kappa shape index (κ3) is 3.79. The number of aromatic carboxylic acids is 1. The molecule has 0 aromatic heterocycles. The van der Waals surface area contributed by atoms with Gasteiger partial charge in [-0.25, -0.2) is 9.18 Å². The lowest BCUT2D eigenvalue weighted by atomic mass is 10.1. The van der Waals surface area contributed by atoms with E-state index in [2.05, 4.69) is 5.32 Å². The molecule has 2 aromatic rings. The lowest BCUT2D eigenvalue weighted by Gasteiger charge is -2.12. The summed E-state index contributed by atoms with van der Waals surface area (Å²) in [6, 6.07) is 11.3. The standard InChI is InChI=1S/C16H16FNO3/c1-21-10-13-5-3-2-4-12(13)9-18-15-8-11(16(19)20)6-7-14(15)17/h2-8,18H,9-10H2,1H3,(H,19,20). The van der Waals surface area contributed by atoms with Gasteiger partial charge in [-0.3, -0.25) is 0 Å². The number of carboxylic acid groups (broad SMARTS) is 1. The first-order valence-corrected chi connectivity index (χ1v) is 6.44. The van der Waals surface area contributed by atoms with Crippen molar-refractivity contribution < 1.29 is 19.0 Å². The second-order valence-corrected chi connectivity index (χ2v) is 4.56. The molecule has 110 valence electrons. The van der Waals surface area contributed by atoms with Crippen molar-refractivity contribution in [3.8, 4) is 0 Å². The smallest absolute Gasteiger partial charge is 0.335 e. The molecule has 0 spiro atoms. The average Bonchev–Trinajstić information content (AvgIpc) is 2.48. The summed E-state index contributed by atoms with van der Waals surface area (Å²) in [6.07, 6.45) is 0. The van der Waals surface area contributed by atoms with Crippen LogP contribution in [0.2, 0.25) is 0 Å². The van der Waals surface area contributed by atoms with E-state index < -0.39 is 11.8 Å². The van der Waals surface area contributed by atoms with Crippen LogP contribution < -0.4 is 5.32 Å². The number of carboxylic acids is 1. The Bertz CT molecular complexity index is 643. The lowest BCUT2D eigenvalue weighted by molar-refractivity contribution is 0.0697. The van der Waals surface area contributed by atoms with Crippen molar-refractivity contribution >= 4 is 11.7 Å². The molecule has 0 saturated heterocycles. The highest BCUT2D eigenvalue weighted by Gasteiger charge is 2.09. The molecule has 2 N–H and O–H groups in total. The third-order valence-electron chi connectivity index (χ3n) is 3.10. The van der Waals surface area contributed by atoms with E-state index in [1.807, 2.05) is 24.3 Å². The summed E-state index contributed by atoms with van der Waals surface area (Å²) in [6.45, 7) is 0.856. The van der Waals surface area contributed by atoms with Gasteiger partial charge in [0.15, 0.2) is 0 Å². The number of rotatable bonds is 6. The number of anilines is 1. The van der Waals surface area contributed by atoms with Gasteiger partial charge >= 0.3 is 5.97 Å². The molecule has 0 radical (unpaired) electrons. The predicted octanol–water partition coefficient (Wildman–Crippen LogP) is 3.28. The number of benzene rings is 2. The lowest BCUT2D eigenvalue weighted by Crippen LogP contribution is -2.06. The molecular formula is C16H16FNO3. The second kappa shape index (κ2) is 6.85. The minimum atomic E-state index is -1.09. The van der Waals surface area contributed by atoms with Crippen molar-refractivity contribution in [2.75, 3.05) is 12.4 Å². The molecule has 2 aromatic carbocycles. The van der Waals surface area contributed by atoms with Gasteiger partial charge < -0.3 is 15.2 Å². The normalized spacial score (nSPS) is 10.4. The van der Waals surface area contributed by atoms with E-state index in [0.29, 0.717) is 13.2 Å². The largest absolute Gasteiger partial charge is 0.478 e. The highest BCUT2D eigenvalue weighted by atomic mass is 19.1. The molecule has 0 aliphatic carbocycles. The zero-order valence-electron chi connectivity index (χ0n) is 11.6. The second-order valence-electron chi connectivity index (χ2n) is 4.56. The molecule has 0 saturated carbocycles. The van der Waals surface area contributed by atoms with Gasteiger partial charge in [0.05, 0.1) is 17.9 Å². The Labute approximate surface area is 122 Å². The molecule has 0 aliphatic heterocycles. The van der Waals surface area contributed by atoms with E-state index in [9.17, 15) is 9.18 Å². The van der Waals surface area contributed by atoms with Gasteiger partial charge in [-0.15, -0.1) is 0 Å². The van der Waals surface area contributed by atoms with Crippen molar-refractivity contribution in [1.82, 2.24) is 0 Å². The molecule has 4 nitrogen and oxygen atoms in total. The van der Waals surface area contributed by atoms with Crippen LogP contribution in [0, 0.1) is 5.82 Å². The molecule has 0 aliphatic rings. The van der Waals surface area contributed by atoms with Crippen LogP contribution in [0.5, 0.6) is 0 Å². The minimum Gasteiger partial charge on any atom is -0.478 e. The quantitative estimate of drug-likeness (QED) is 0.856. The van der Waals surface area contributed by atoms with Crippen molar-refractivity contribution in [2.45, 2.75) is 13.2 Å². The average molecular weight is 289 g/mol.